The van der Waals surface area contributed by atoms with Crippen molar-refractivity contribution in [1.29, 1.82) is 0 Å². The van der Waals surface area contributed by atoms with Crippen molar-refractivity contribution >= 4 is 0 Å². The molecule has 2 aliphatic rings. The number of rotatable bonds is 3. The molecule has 1 aliphatic carbocycles. The minimum Gasteiger partial charge on any atom is -0.381 e. The van der Waals surface area contributed by atoms with Gasteiger partial charge in [0.05, 0.1) is 6.10 Å². The Hall–Kier alpha value is -0.120. The van der Waals surface area contributed by atoms with Gasteiger partial charge >= 0.3 is 0 Å². The molecule has 3 heteroatoms. The molecule has 1 heterocycles. The molecule has 0 aromatic heterocycles. The molecule has 3 nitrogen and oxygen atoms in total. The quantitative estimate of drug-likeness (QED) is 0.689. The summed E-state index contributed by atoms with van der Waals surface area (Å²) in [6, 6.07) is 1.53. The van der Waals surface area contributed by atoms with Gasteiger partial charge < -0.3 is 10.1 Å². The van der Waals surface area contributed by atoms with Crippen LogP contribution in [0, 0.1) is 0 Å². The number of likely N-dealkylation sites (tertiary alicyclic amines) is 1. The molecule has 76 valence electrons. The maximum Gasteiger partial charge on any atom is 0.0601 e. The average Bonchev–Trinajstić information content (AvgIpc) is 2.51. The molecule has 0 aromatic carbocycles. The second-order valence-electron chi connectivity index (χ2n) is 4.25. The molecular weight excluding hydrogens is 164 g/mol. The van der Waals surface area contributed by atoms with Gasteiger partial charge in [0.25, 0.3) is 0 Å². The van der Waals surface area contributed by atoms with E-state index in [1.54, 1.807) is 0 Å². The number of ether oxygens (including phenoxy) is 1. The summed E-state index contributed by atoms with van der Waals surface area (Å²) in [7, 11) is 3.88. The zero-order valence-electron chi connectivity index (χ0n) is 8.62. The van der Waals surface area contributed by atoms with E-state index < -0.39 is 0 Å². The first-order valence-corrected chi connectivity index (χ1v) is 5.27. The smallest absolute Gasteiger partial charge is 0.0601 e. The molecule has 0 amide bonds. The van der Waals surface area contributed by atoms with Crippen LogP contribution in [0.2, 0.25) is 0 Å². The first-order valence-electron chi connectivity index (χ1n) is 5.27. The van der Waals surface area contributed by atoms with Gasteiger partial charge in [-0.2, -0.15) is 0 Å². The van der Waals surface area contributed by atoms with Crippen LogP contribution in [0.1, 0.15) is 19.3 Å². The van der Waals surface area contributed by atoms with Crippen LogP contribution in [0.15, 0.2) is 0 Å². The summed E-state index contributed by atoms with van der Waals surface area (Å²) in [5, 5.41) is 3.35. The highest BCUT2D eigenvalue weighted by atomic mass is 16.5. The van der Waals surface area contributed by atoms with Crippen molar-refractivity contribution in [2.75, 3.05) is 27.2 Å². The van der Waals surface area contributed by atoms with Crippen LogP contribution in [0.5, 0.6) is 0 Å². The maximum absolute atomic E-state index is 5.29. The van der Waals surface area contributed by atoms with Crippen molar-refractivity contribution in [2.45, 2.75) is 37.5 Å². The number of hydrogen-bond donors (Lipinski definition) is 1. The van der Waals surface area contributed by atoms with Crippen molar-refractivity contribution in [2.24, 2.45) is 0 Å². The van der Waals surface area contributed by atoms with Crippen molar-refractivity contribution in [3.8, 4) is 0 Å². The highest BCUT2D eigenvalue weighted by Gasteiger charge is 2.36. The second kappa shape index (κ2) is 3.95. The van der Waals surface area contributed by atoms with Crippen molar-refractivity contribution in [3.05, 3.63) is 0 Å². The Morgan fingerprint density at radius 1 is 1.38 bits per heavy atom. The SMILES string of the molecule is CNC1CCN(C2CC(OC)C2)C1. The summed E-state index contributed by atoms with van der Waals surface area (Å²) < 4.78 is 5.29. The topological polar surface area (TPSA) is 24.5 Å². The van der Waals surface area contributed by atoms with Gasteiger partial charge in [-0.05, 0) is 26.3 Å². The Labute approximate surface area is 80.4 Å². The van der Waals surface area contributed by atoms with Crippen LogP contribution in [0.3, 0.4) is 0 Å². The standard InChI is InChI=1S/C10H20N2O/c1-11-8-3-4-12(7-8)9-5-10(6-9)13-2/h8-11H,3-7H2,1-2H3. The molecule has 1 atom stereocenters. The molecule has 1 aliphatic heterocycles. The van der Waals surface area contributed by atoms with E-state index in [1.165, 1.54) is 32.4 Å². The zero-order chi connectivity index (χ0) is 9.26. The van der Waals surface area contributed by atoms with Gasteiger partial charge in [0.15, 0.2) is 0 Å². The summed E-state index contributed by atoms with van der Waals surface area (Å²) in [5.41, 5.74) is 0. The predicted octanol–water partition coefficient (Wildman–Crippen LogP) is 0.457. The van der Waals surface area contributed by atoms with Gasteiger partial charge in [-0.15, -0.1) is 0 Å². The molecule has 2 fully saturated rings. The van der Waals surface area contributed by atoms with E-state index in [4.69, 9.17) is 4.74 Å². The van der Waals surface area contributed by atoms with Crippen LogP contribution in [-0.4, -0.2) is 50.3 Å². The lowest BCUT2D eigenvalue weighted by Gasteiger charge is -2.40. The van der Waals surface area contributed by atoms with Gasteiger partial charge in [0.2, 0.25) is 0 Å². The van der Waals surface area contributed by atoms with Gasteiger partial charge in [-0.3, -0.25) is 4.90 Å². The highest BCUT2D eigenvalue weighted by Crippen LogP contribution is 2.30. The van der Waals surface area contributed by atoms with Crippen LogP contribution < -0.4 is 5.32 Å². The highest BCUT2D eigenvalue weighted by molar-refractivity contribution is 4.92. The molecular formula is C10H20N2O. The Bertz CT molecular complexity index is 168. The van der Waals surface area contributed by atoms with Crippen LogP contribution in [0.25, 0.3) is 0 Å². The van der Waals surface area contributed by atoms with Gasteiger partial charge in [-0.1, -0.05) is 0 Å². The van der Waals surface area contributed by atoms with E-state index in [0.717, 1.165) is 12.1 Å². The molecule has 2 rings (SSSR count). The Balaban J connectivity index is 1.72. The van der Waals surface area contributed by atoms with Crippen LogP contribution in [0.4, 0.5) is 0 Å². The van der Waals surface area contributed by atoms with E-state index in [-0.39, 0.29) is 0 Å². The lowest BCUT2D eigenvalue weighted by atomic mass is 9.88. The fourth-order valence-electron chi connectivity index (χ4n) is 2.38. The summed E-state index contributed by atoms with van der Waals surface area (Å²) in [4.78, 5) is 2.61. The fraction of sp³-hybridized carbons (Fsp3) is 1.00. The molecule has 0 aromatic rings. The average molecular weight is 184 g/mol. The van der Waals surface area contributed by atoms with Gasteiger partial charge in [0.1, 0.15) is 0 Å². The summed E-state index contributed by atoms with van der Waals surface area (Å²) in [6.45, 7) is 2.50. The Morgan fingerprint density at radius 3 is 2.69 bits per heavy atom. The molecule has 1 unspecified atom stereocenters. The third-order valence-corrected chi connectivity index (χ3v) is 3.55. The van der Waals surface area contributed by atoms with Gasteiger partial charge in [0, 0.05) is 32.3 Å². The van der Waals surface area contributed by atoms with Crippen LogP contribution >= 0.6 is 0 Å². The first-order chi connectivity index (χ1) is 6.33. The molecule has 1 saturated heterocycles. The summed E-state index contributed by atoms with van der Waals surface area (Å²) >= 11 is 0. The maximum atomic E-state index is 5.29. The van der Waals surface area contributed by atoms with E-state index >= 15 is 0 Å². The largest absolute Gasteiger partial charge is 0.381 e. The molecule has 13 heavy (non-hydrogen) atoms. The molecule has 0 radical (unpaired) electrons. The van der Waals surface area contributed by atoms with Crippen LogP contribution in [-0.2, 0) is 4.74 Å². The lowest BCUT2D eigenvalue weighted by molar-refractivity contribution is -0.0206. The normalized spacial score (nSPS) is 40.6. The minimum absolute atomic E-state index is 0.540. The monoisotopic (exact) mass is 184 g/mol. The second-order valence-corrected chi connectivity index (χ2v) is 4.25. The number of nitrogens with one attached hydrogen (secondary N) is 1. The third kappa shape index (κ3) is 1.87. The number of methoxy groups -OCH3 is 1. The van der Waals surface area contributed by atoms with Crippen molar-refractivity contribution in [3.63, 3.8) is 0 Å². The molecule has 0 spiro atoms. The first kappa shape index (κ1) is 9.44. The van der Waals surface area contributed by atoms with Crippen molar-refractivity contribution in [1.82, 2.24) is 10.2 Å². The van der Waals surface area contributed by atoms with Gasteiger partial charge in [-0.25, -0.2) is 0 Å². The Morgan fingerprint density at radius 2 is 2.15 bits per heavy atom. The van der Waals surface area contributed by atoms with E-state index in [1.807, 2.05) is 7.11 Å². The third-order valence-electron chi connectivity index (χ3n) is 3.55. The van der Waals surface area contributed by atoms with E-state index in [9.17, 15) is 0 Å². The van der Waals surface area contributed by atoms with E-state index in [2.05, 4.69) is 17.3 Å². The van der Waals surface area contributed by atoms with Crippen molar-refractivity contribution < 1.29 is 4.74 Å². The lowest BCUT2D eigenvalue weighted by Crippen LogP contribution is -2.47. The fourth-order valence-corrected chi connectivity index (χ4v) is 2.38. The van der Waals surface area contributed by atoms with E-state index in [0.29, 0.717) is 6.10 Å². The molecule has 1 saturated carbocycles. The molecule has 0 bridgehead atoms. The zero-order valence-corrected chi connectivity index (χ0v) is 8.62. The Kier molecular flexibility index (Phi) is 2.86. The minimum atomic E-state index is 0.540. The summed E-state index contributed by atoms with van der Waals surface area (Å²) in [5.74, 6) is 0. The number of hydrogen-bond acceptors (Lipinski definition) is 3. The number of likely N-dealkylation sites (N-methyl/N-ethyl adjacent to an activating group) is 1. The predicted molar refractivity (Wildman–Crippen MR) is 52.9 cm³/mol. The summed E-state index contributed by atoms with van der Waals surface area (Å²) in [6.07, 6.45) is 4.34. The molecule has 1 N–H and O–H groups in total. The number of nitrogens with zero attached hydrogens (tertiary/aromatic N) is 1.